The van der Waals surface area contributed by atoms with Gasteiger partial charge in [-0.05, 0) is 54.8 Å². The molecule has 0 saturated carbocycles. The van der Waals surface area contributed by atoms with Crippen molar-refractivity contribution >= 4 is 49.6 Å². The second kappa shape index (κ2) is 8.67. The number of nitrogens with zero attached hydrogens (tertiary/aromatic N) is 1. The highest BCUT2D eigenvalue weighted by Gasteiger charge is 2.32. The SMILES string of the molecule is CC(NC(=O)C1CCN(S(=O)(=O)c2ccc3ccccc3c2)CC1)c1ccc(Cl)s1. The van der Waals surface area contributed by atoms with Crippen LogP contribution in [0.15, 0.2) is 59.5 Å². The van der Waals surface area contributed by atoms with Crippen molar-refractivity contribution < 1.29 is 13.2 Å². The van der Waals surface area contributed by atoms with Gasteiger partial charge in [0.2, 0.25) is 15.9 Å². The molecule has 1 N–H and O–H groups in total. The van der Waals surface area contributed by atoms with Crippen molar-refractivity contribution in [3.05, 3.63) is 63.8 Å². The molecule has 2 aromatic carbocycles. The Labute approximate surface area is 185 Å². The number of sulfonamides is 1. The van der Waals surface area contributed by atoms with Crippen LogP contribution < -0.4 is 5.32 Å². The van der Waals surface area contributed by atoms with E-state index < -0.39 is 10.0 Å². The Balaban J connectivity index is 1.39. The lowest BCUT2D eigenvalue weighted by Crippen LogP contribution is -2.43. The van der Waals surface area contributed by atoms with Crippen molar-refractivity contribution in [2.75, 3.05) is 13.1 Å². The van der Waals surface area contributed by atoms with E-state index in [1.54, 1.807) is 12.1 Å². The minimum atomic E-state index is -3.58. The van der Waals surface area contributed by atoms with Gasteiger partial charge in [-0.3, -0.25) is 4.79 Å². The average molecular weight is 463 g/mol. The molecule has 1 unspecified atom stereocenters. The summed E-state index contributed by atoms with van der Waals surface area (Å²) in [4.78, 5) is 14.0. The van der Waals surface area contributed by atoms with Crippen LogP contribution in [-0.4, -0.2) is 31.7 Å². The van der Waals surface area contributed by atoms with Gasteiger partial charge in [0, 0.05) is 23.9 Å². The summed E-state index contributed by atoms with van der Waals surface area (Å²) < 4.78 is 28.4. The summed E-state index contributed by atoms with van der Waals surface area (Å²) in [7, 11) is -3.58. The maximum atomic E-state index is 13.1. The van der Waals surface area contributed by atoms with E-state index in [-0.39, 0.29) is 17.9 Å². The van der Waals surface area contributed by atoms with Crippen LogP contribution in [0.2, 0.25) is 4.34 Å². The van der Waals surface area contributed by atoms with Gasteiger partial charge in [-0.25, -0.2) is 8.42 Å². The van der Waals surface area contributed by atoms with Crippen LogP contribution in [-0.2, 0) is 14.8 Å². The zero-order valence-electron chi connectivity index (χ0n) is 16.5. The Kier molecular flexibility index (Phi) is 6.16. The number of carbonyl (C=O) groups excluding carboxylic acids is 1. The molecule has 0 bridgehead atoms. The molecule has 30 heavy (non-hydrogen) atoms. The molecule has 1 aromatic heterocycles. The van der Waals surface area contributed by atoms with Gasteiger partial charge < -0.3 is 5.32 Å². The van der Waals surface area contributed by atoms with E-state index in [0.717, 1.165) is 15.6 Å². The molecule has 158 valence electrons. The zero-order chi connectivity index (χ0) is 21.3. The molecule has 5 nitrogen and oxygen atoms in total. The molecule has 3 aromatic rings. The van der Waals surface area contributed by atoms with E-state index in [4.69, 9.17) is 11.6 Å². The first-order valence-corrected chi connectivity index (χ1v) is 12.5. The second-order valence-electron chi connectivity index (χ2n) is 7.56. The minimum Gasteiger partial charge on any atom is -0.349 e. The predicted octanol–water partition coefficient (Wildman–Crippen LogP) is 4.83. The summed E-state index contributed by atoms with van der Waals surface area (Å²) in [5.41, 5.74) is 0. The van der Waals surface area contributed by atoms with Gasteiger partial charge in [0.05, 0.1) is 15.3 Å². The first-order chi connectivity index (χ1) is 14.3. The van der Waals surface area contributed by atoms with E-state index in [0.29, 0.717) is 35.2 Å². The van der Waals surface area contributed by atoms with Gasteiger partial charge in [-0.15, -0.1) is 11.3 Å². The molecule has 0 spiro atoms. The van der Waals surface area contributed by atoms with Gasteiger partial charge in [0.15, 0.2) is 0 Å². The number of thiophene rings is 1. The molecule has 0 aliphatic carbocycles. The predicted molar refractivity (Wildman–Crippen MR) is 121 cm³/mol. The molecule has 1 amide bonds. The van der Waals surface area contributed by atoms with E-state index in [9.17, 15) is 13.2 Å². The van der Waals surface area contributed by atoms with Gasteiger partial charge in [-0.2, -0.15) is 4.31 Å². The van der Waals surface area contributed by atoms with Crippen LogP contribution in [0.5, 0.6) is 0 Å². The van der Waals surface area contributed by atoms with Crippen LogP contribution in [0.4, 0.5) is 0 Å². The number of rotatable bonds is 5. The highest BCUT2D eigenvalue weighted by Crippen LogP contribution is 2.29. The third kappa shape index (κ3) is 4.39. The number of benzene rings is 2. The Morgan fingerprint density at radius 1 is 1.10 bits per heavy atom. The van der Waals surface area contributed by atoms with Crippen LogP contribution in [0.3, 0.4) is 0 Å². The first-order valence-electron chi connectivity index (χ1n) is 9.89. The molecule has 1 atom stereocenters. The van der Waals surface area contributed by atoms with Gasteiger partial charge in [0.1, 0.15) is 0 Å². The maximum Gasteiger partial charge on any atom is 0.243 e. The molecule has 1 fully saturated rings. The van der Waals surface area contributed by atoms with Crippen molar-refractivity contribution in [2.45, 2.75) is 30.7 Å². The third-order valence-electron chi connectivity index (χ3n) is 5.56. The van der Waals surface area contributed by atoms with E-state index >= 15 is 0 Å². The fourth-order valence-corrected chi connectivity index (χ4v) is 6.37. The van der Waals surface area contributed by atoms with Crippen molar-refractivity contribution in [3.8, 4) is 0 Å². The van der Waals surface area contributed by atoms with Gasteiger partial charge >= 0.3 is 0 Å². The fraction of sp³-hybridized carbons (Fsp3) is 0.318. The number of hydrogen-bond donors (Lipinski definition) is 1. The van der Waals surface area contributed by atoms with Crippen molar-refractivity contribution in [3.63, 3.8) is 0 Å². The summed E-state index contributed by atoms with van der Waals surface area (Å²) in [5.74, 6) is -0.222. The number of carbonyl (C=O) groups is 1. The summed E-state index contributed by atoms with van der Waals surface area (Å²) in [5, 5.41) is 4.94. The van der Waals surface area contributed by atoms with Crippen molar-refractivity contribution in [1.29, 1.82) is 0 Å². The second-order valence-corrected chi connectivity index (χ2v) is 11.2. The molecule has 1 aliphatic rings. The highest BCUT2D eigenvalue weighted by atomic mass is 35.5. The summed E-state index contributed by atoms with van der Waals surface area (Å²) in [6, 6.07) is 16.5. The standard InChI is InChI=1S/C22H23ClN2O3S2/c1-15(20-8-9-21(23)29-20)24-22(26)17-10-12-25(13-11-17)30(27,28)19-7-6-16-4-2-3-5-18(16)14-19/h2-9,14-15,17H,10-13H2,1H3,(H,24,26). The number of nitrogens with one attached hydrogen (secondary N) is 1. The molecule has 1 saturated heterocycles. The topological polar surface area (TPSA) is 66.5 Å². The number of halogens is 1. The highest BCUT2D eigenvalue weighted by molar-refractivity contribution is 7.89. The summed E-state index contributed by atoms with van der Waals surface area (Å²) in [6.07, 6.45) is 1.02. The summed E-state index contributed by atoms with van der Waals surface area (Å²) >= 11 is 7.42. The Bertz CT molecular complexity index is 1170. The Hall–Kier alpha value is -1.93. The van der Waals surface area contributed by atoms with Crippen molar-refractivity contribution in [2.24, 2.45) is 5.92 Å². The molecule has 4 rings (SSSR count). The van der Waals surface area contributed by atoms with Crippen molar-refractivity contribution in [1.82, 2.24) is 9.62 Å². The Morgan fingerprint density at radius 2 is 1.80 bits per heavy atom. The monoisotopic (exact) mass is 462 g/mol. The lowest BCUT2D eigenvalue weighted by atomic mass is 9.97. The number of fused-ring (bicyclic) bond motifs is 1. The quantitative estimate of drug-likeness (QED) is 0.590. The van der Waals surface area contributed by atoms with E-state index in [1.165, 1.54) is 15.6 Å². The minimum absolute atomic E-state index is 0.0326. The fourth-order valence-electron chi connectivity index (χ4n) is 3.80. The smallest absolute Gasteiger partial charge is 0.243 e. The van der Waals surface area contributed by atoms with Gasteiger partial charge in [-0.1, -0.05) is 41.9 Å². The molecule has 1 aliphatic heterocycles. The number of piperidine rings is 1. The van der Waals surface area contributed by atoms with Crippen LogP contribution in [0.25, 0.3) is 10.8 Å². The zero-order valence-corrected chi connectivity index (χ0v) is 18.9. The third-order valence-corrected chi connectivity index (χ3v) is 8.87. The molecule has 0 radical (unpaired) electrons. The average Bonchev–Trinajstić information content (AvgIpc) is 3.20. The van der Waals surface area contributed by atoms with Crippen LogP contribution >= 0.6 is 22.9 Å². The number of hydrogen-bond acceptors (Lipinski definition) is 4. The van der Waals surface area contributed by atoms with E-state index in [2.05, 4.69) is 5.32 Å². The maximum absolute atomic E-state index is 13.1. The lowest BCUT2D eigenvalue weighted by Gasteiger charge is -2.31. The first kappa shape index (κ1) is 21.3. The van der Waals surface area contributed by atoms with Crippen LogP contribution in [0, 0.1) is 5.92 Å². The van der Waals surface area contributed by atoms with E-state index in [1.807, 2.05) is 49.4 Å². The Morgan fingerprint density at radius 3 is 2.47 bits per heavy atom. The molecular weight excluding hydrogens is 440 g/mol. The van der Waals surface area contributed by atoms with Gasteiger partial charge in [0.25, 0.3) is 0 Å². The largest absolute Gasteiger partial charge is 0.349 e. The summed E-state index contributed by atoms with van der Waals surface area (Å²) in [6.45, 7) is 2.61. The molecule has 8 heteroatoms. The molecular formula is C22H23ClN2O3S2. The number of amides is 1. The lowest BCUT2D eigenvalue weighted by molar-refractivity contribution is -0.126. The molecule has 2 heterocycles. The normalized spacial score (nSPS) is 17.1. The van der Waals surface area contributed by atoms with Crippen LogP contribution in [0.1, 0.15) is 30.7 Å².